The first-order chi connectivity index (χ1) is 11.0. The number of imidazole rings is 1. The van der Waals surface area contributed by atoms with Gasteiger partial charge in [-0.25, -0.2) is 9.13 Å². The summed E-state index contributed by atoms with van der Waals surface area (Å²) < 4.78 is 4.46. The minimum Gasteiger partial charge on any atom is -0.378 e. The summed E-state index contributed by atoms with van der Waals surface area (Å²) in [5, 5.41) is 0. The summed E-state index contributed by atoms with van der Waals surface area (Å²) in [6.45, 7) is 2.16. The van der Waals surface area contributed by atoms with E-state index in [1.54, 1.807) is 0 Å². The third-order valence-corrected chi connectivity index (χ3v) is 4.47. The van der Waals surface area contributed by atoms with E-state index in [0.29, 0.717) is 0 Å². The van der Waals surface area contributed by atoms with Crippen LogP contribution in [0.15, 0.2) is 42.5 Å². The molecule has 0 fully saturated rings. The molecule has 0 radical (unpaired) electrons. The predicted octanol–water partition coefficient (Wildman–Crippen LogP) is 3.55. The van der Waals surface area contributed by atoms with Gasteiger partial charge >= 0.3 is 0 Å². The molecule has 0 atom stereocenters. The molecule has 2 aromatic carbocycles. The average Bonchev–Trinajstić information content (AvgIpc) is 2.78. The van der Waals surface area contributed by atoms with E-state index in [1.165, 1.54) is 33.7 Å². The van der Waals surface area contributed by atoms with Gasteiger partial charge in [0.2, 0.25) is 0 Å². The van der Waals surface area contributed by atoms with Gasteiger partial charge in [-0.1, -0.05) is 18.2 Å². The fourth-order valence-electron chi connectivity index (χ4n) is 3.02. The maximum atomic E-state index is 2.23. The quantitative estimate of drug-likeness (QED) is 0.674. The van der Waals surface area contributed by atoms with Gasteiger partial charge in [0.1, 0.15) is 0 Å². The molecule has 1 heterocycles. The van der Waals surface area contributed by atoms with Crippen molar-refractivity contribution in [3.05, 3.63) is 59.4 Å². The second kappa shape index (κ2) is 5.92. The fourth-order valence-corrected chi connectivity index (χ4v) is 3.02. The Morgan fingerprint density at radius 2 is 1.78 bits per heavy atom. The maximum absolute atomic E-state index is 2.23. The average molecular weight is 306 g/mol. The lowest BCUT2D eigenvalue weighted by Crippen LogP contribution is -2.30. The van der Waals surface area contributed by atoms with Gasteiger partial charge in [0.15, 0.2) is 11.0 Å². The van der Waals surface area contributed by atoms with Gasteiger partial charge in [0, 0.05) is 25.9 Å². The van der Waals surface area contributed by atoms with Crippen molar-refractivity contribution in [1.29, 1.82) is 0 Å². The Labute approximate surface area is 138 Å². The molecule has 0 aliphatic carbocycles. The third-order valence-electron chi connectivity index (χ3n) is 4.47. The highest BCUT2D eigenvalue weighted by Crippen LogP contribution is 2.20. The first-order valence-electron chi connectivity index (χ1n) is 7.88. The molecule has 0 aliphatic heterocycles. The van der Waals surface area contributed by atoms with Crippen molar-refractivity contribution in [3.63, 3.8) is 0 Å². The first-order valence-corrected chi connectivity index (χ1v) is 7.88. The van der Waals surface area contributed by atoms with Crippen molar-refractivity contribution in [2.45, 2.75) is 6.92 Å². The molecule has 0 N–H and O–H groups in total. The zero-order valence-electron chi connectivity index (χ0n) is 14.5. The lowest BCUT2D eigenvalue weighted by atomic mass is 10.1. The fraction of sp³-hybridized carbons (Fsp3) is 0.250. The molecule has 1 aromatic heterocycles. The SMILES string of the molecule is Cc1cc(N(C)C)ccc1/C=C/c1n(C)c2ccccc2[n+]1C. The number of benzene rings is 2. The van der Waals surface area contributed by atoms with Crippen LogP contribution < -0.4 is 9.47 Å². The smallest absolute Gasteiger partial charge is 0.281 e. The summed E-state index contributed by atoms with van der Waals surface area (Å²) in [5.41, 5.74) is 6.26. The van der Waals surface area contributed by atoms with Crippen molar-refractivity contribution >= 4 is 28.9 Å². The molecule has 0 bridgehead atoms. The summed E-state index contributed by atoms with van der Waals surface area (Å²) in [6.07, 6.45) is 4.39. The van der Waals surface area contributed by atoms with Crippen LogP contribution >= 0.6 is 0 Å². The Morgan fingerprint density at radius 1 is 1.04 bits per heavy atom. The number of aromatic nitrogens is 2. The minimum atomic E-state index is 1.18. The van der Waals surface area contributed by atoms with Crippen LogP contribution in [0.25, 0.3) is 23.2 Å². The molecule has 3 aromatic rings. The van der Waals surface area contributed by atoms with Gasteiger partial charge < -0.3 is 4.90 Å². The van der Waals surface area contributed by atoms with E-state index in [4.69, 9.17) is 0 Å². The Balaban J connectivity index is 2.01. The largest absolute Gasteiger partial charge is 0.378 e. The van der Waals surface area contributed by atoms with Gasteiger partial charge in [-0.3, -0.25) is 0 Å². The Kier molecular flexibility index (Phi) is 3.95. The molecule has 0 unspecified atom stereocenters. The number of aryl methyl sites for hydroxylation is 3. The number of nitrogens with zero attached hydrogens (tertiary/aromatic N) is 3. The van der Waals surface area contributed by atoms with E-state index in [0.717, 1.165) is 0 Å². The van der Waals surface area contributed by atoms with Crippen LogP contribution in [0.3, 0.4) is 0 Å². The molecule has 23 heavy (non-hydrogen) atoms. The summed E-state index contributed by atoms with van der Waals surface area (Å²) >= 11 is 0. The molecule has 3 rings (SSSR count). The topological polar surface area (TPSA) is 12.1 Å². The molecule has 118 valence electrons. The molecular formula is C20H24N3+. The van der Waals surface area contributed by atoms with E-state index in [-0.39, 0.29) is 0 Å². The second-order valence-electron chi connectivity index (χ2n) is 6.23. The van der Waals surface area contributed by atoms with Crippen molar-refractivity contribution in [2.24, 2.45) is 14.1 Å². The van der Waals surface area contributed by atoms with Crippen LogP contribution in [0.4, 0.5) is 5.69 Å². The first kappa shape index (κ1) is 15.3. The van der Waals surface area contributed by atoms with Crippen molar-refractivity contribution in [3.8, 4) is 0 Å². The number of anilines is 1. The minimum absolute atomic E-state index is 1.18. The van der Waals surface area contributed by atoms with E-state index >= 15 is 0 Å². The van der Waals surface area contributed by atoms with Crippen LogP contribution in [0, 0.1) is 6.92 Å². The van der Waals surface area contributed by atoms with Crippen LogP contribution in [0.1, 0.15) is 17.0 Å². The predicted molar refractivity (Wildman–Crippen MR) is 98.5 cm³/mol. The van der Waals surface area contributed by atoms with E-state index < -0.39 is 0 Å². The van der Waals surface area contributed by atoms with Gasteiger partial charge in [0.05, 0.1) is 14.1 Å². The van der Waals surface area contributed by atoms with Crippen LogP contribution in [0.2, 0.25) is 0 Å². The monoisotopic (exact) mass is 306 g/mol. The molecule has 0 amide bonds. The zero-order chi connectivity index (χ0) is 16.6. The molecule has 3 nitrogen and oxygen atoms in total. The van der Waals surface area contributed by atoms with Crippen LogP contribution in [-0.4, -0.2) is 18.7 Å². The number of rotatable bonds is 3. The molecule has 0 aliphatic rings. The lowest BCUT2D eigenvalue weighted by molar-refractivity contribution is -0.647. The van der Waals surface area contributed by atoms with E-state index in [1.807, 2.05) is 0 Å². The highest BCUT2D eigenvalue weighted by Gasteiger charge is 2.16. The zero-order valence-corrected chi connectivity index (χ0v) is 14.5. The van der Waals surface area contributed by atoms with E-state index in [9.17, 15) is 0 Å². The third kappa shape index (κ3) is 2.74. The van der Waals surface area contributed by atoms with Gasteiger partial charge in [-0.15, -0.1) is 0 Å². The van der Waals surface area contributed by atoms with Gasteiger partial charge in [-0.05, 0) is 48.4 Å². The van der Waals surface area contributed by atoms with Gasteiger partial charge in [0.25, 0.3) is 5.82 Å². The van der Waals surface area contributed by atoms with Crippen molar-refractivity contribution in [2.75, 3.05) is 19.0 Å². The number of para-hydroxylation sites is 2. The number of fused-ring (bicyclic) bond motifs is 1. The lowest BCUT2D eigenvalue weighted by Gasteiger charge is -2.13. The van der Waals surface area contributed by atoms with Crippen molar-refractivity contribution in [1.82, 2.24) is 4.57 Å². The molecule has 0 spiro atoms. The molecule has 0 saturated carbocycles. The van der Waals surface area contributed by atoms with Crippen molar-refractivity contribution < 1.29 is 4.57 Å². The molecular weight excluding hydrogens is 282 g/mol. The van der Waals surface area contributed by atoms with E-state index in [2.05, 4.69) is 104 Å². The molecule has 3 heteroatoms. The molecule has 0 saturated heterocycles. The maximum Gasteiger partial charge on any atom is 0.281 e. The highest BCUT2D eigenvalue weighted by molar-refractivity contribution is 5.76. The summed E-state index contributed by atoms with van der Waals surface area (Å²) in [4.78, 5) is 2.13. The van der Waals surface area contributed by atoms with Crippen LogP contribution in [0.5, 0.6) is 0 Å². The van der Waals surface area contributed by atoms with Crippen LogP contribution in [-0.2, 0) is 14.1 Å². The summed E-state index contributed by atoms with van der Waals surface area (Å²) in [5.74, 6) is 1.18. The summed E-state index contributed by atoms with van der Waals surface area (Å²) in [6, 6.07) is 15.0. The normalized spacial score (nSPS) is 11.5. The highest BCUT2D eigenvalue weighted by atomic mass is 15.1. The number of hydrogen-bond donors (Lipinski definition) is 0. The summed E-state index contributed by atoms with van der Waals surface area (Å²) in [7, 11) is 8.37. The standard InChI is InChI=1S/C20H24N3/c1-15-14-17(21(2)3)12-10-16(15)11-13-20-22(4)18-8-6-7-9-19(18)23(20)5/h6-14H,1-5H3/q+1. The Morgan fingerprint density at radius 3 is 2.43 bits per heavy atom. The van der Waals surface area contributed by atoms with Gasteiger partial charge in [-0.2, -0.15) is 0 Å². The Hall–Kier alpha value is -2.55. The Bertz CT molecular complexity index is 846. The number of hydrogen-bond acceptors (Lipinski definition) is 1. The second-order valence-corrected chi connectivity index (χ2v) is 6.23.